The van der Waals surface area contributed by atoms with Crippen LogP contribution in [0.1, 0.15) is 5.76 Å². The Bertz CT molecular complexity index is 650. The Morgan fingerprint density at radius 1 is 1.37 bits per heavy atom. The average molecular weight is 282 g/mol. The number of rotatable bonds is 5. The van der Waals surface area contributed by atoms with Gasteiger partial charge in [0.2, 0.25) is 10.0 Å². The predicted molar refractivity (Wildman–Crippen MR) is 70.1 cm³/mol. The van der Waals surface area contributed by atoms with Gasteiger partial charge < -0.3 is 14.9 Å². The summed E-state index contributed by atoms with van der Waals surface area (Å²) >= 11 is 0. The number of benzene rings is 1. The van der Waals surface area contributed by atoms with Crippen LogP contribution in [0.15, 0.2) is 45.9 Å². The van der Waals surface area contributed by atoms with Crippen molar-refractivity contribution in [1.29, 1.82) is 0 Å². The summed E-state index contributed by atoms with van der Waals surface area (Å²) < 4.78 is 36.8. The van der Waals surface area contributed by atoms with Gasteiger partial charge in [-0.05, 0) is 24.3 Å². The van der Waals surface area contributed by atoms with Crippen molar-refractivity contribution in [3.05, 3.63) is 42.4 Å². The van der Waals surface area contributed by atoms with Gasteiger partial charge in [-0.25, -0.2) is 13.1 Å². The van der Waals surface area contributed by atoms with Gasteiger partial charge in [0.05, 0.1) is 19.9 Å². The highest BCUT2D eigenvalue weighted by molar-refractivity contribution is 7.89. The SMILES string of the molecule is COc1cc(N)ccc1S(=O)(=O)NCc1ccco1. The zero-order valence-corrected chi connectivity index (χ0v) is 11.1. The van der Waals surface area contributed by atoms with Gasteiger partial charge in [0, 0.05) is 11.8 Å². The number of furan rings is 1. The van der Waals surface area contributed by atoms with E-state index < -0.39 is 10.0 Å². The lowest BCUT2D eigenvalue weighted by Crippen LogP contribution is -2.23. The molecule has 0 aliphatic carbocycles. The molecule has 0 saturated heterocycles. The largest absolute Gasteiger partial charge is 0.495 e. The van der Waals surface area contributed by atoms with Crippen molar-refractivity contribution in [3.8, 4) is 5.75 Å². The van der Waals surface area contributed by atoms with Crippen LogP contribution in [0.3, 0.4) is 0 Å². The van der Waals surface area contributed by atoms with Crippen molar-refractivity contribution < 1.29 is 17.6 Å². The van der Waals surface area contributed by atoms with Crippen molar-refractivity contribution in [1.82, 2.24) is 4.72 Å². The van der Waals surface area contributed by atoms with Crippen molar-refractivity contribution in [2.24, 2.45) is 0 Å². The Balaban J connectivity index is 2.24. The Labute approximate surface area is 111 Å². The molecular formula is C12H14N2O4S. The number of anilines is 1. The summed E-state index contributed by atoms with van der Waals surface area (Å²) in [5.74, 6) is 0.727. The van der Waals surface area contributed by atoms with Gasteiger partial charge in [0.25, 0.3) is 0 Å². The third-order valence-corrected chi connectivity index (χ3v) is 3.93. The highest BCUT2D eigenvalue weighted by atomic mass is 32.2. The molecule has 2 aromatic rings. The number of nitrogen functional groups attached to an aromatic ring is 1. The third kappa shape index (κ3) is 3.07. The molecule has 0 spiro atoms. The van der Waals surface area contributed by atoms with E-state index in [4.69, 9.17) is 14.9 Å². The van der Waals surface area contributed by atoms with Gasteiger partial charge in [0.15, 0.2) is 0 Å². The molecule has 3 N–H and O–H groups in total. The summed E-state index contributed by atoms with van der Waals surface area (Å²) in [7, 11) is -2.30. The van der Waals surface area contributed by atoms with Crippen molar-refractivity contribution in [2.75, 3.05) is 12.8 Å². The van der Waals surface area contributed by atoms with Crippen LogP contribution in [0.4, 0.5) is 5.69 Å². The standard InChI is InChI=1S/C12H14N2O4S/c1-17-11-7-9(13)4-5-12(11)19(15,16)14-8-10-3-2-6-18-10/h2-7,14H,8,13H2,1H3. The molecule has 7 heteroatoms. The van der Waals surface area contributed by atoms with Crippen molar-refractivity contribution in [3.63, 3.8) is 0 Å². The minimum Gasteiger partial charge on any atom is -0.495 e. The van der Waals surface area contributed by atoms with Gasteiger partial charge in [-0.15, -0.1) is 0 Å². The van der Waals surface area contributed by atoms with Crippen LogP contribution >= 0.6 is 0 Å². The highest BCUT2D eigenvalue weighted by Gasteiger charge is 2.19. The summed E-state index contributed by atoms with van der Waals surface area (Å²) in [6.07, 6.45) is 1.48. The summed E-state index contributed by atoms with van der Waals surface area (Å²) in [6, 6.07) is 7.74. The van der Waals surface area contributed by atoms with Gasteiger partial charge in [-0.1, -0.05) is 0 Å². The first-order valence-corrected chi connectivity index (χ1v) is 6.97. The van der Waals surface area contributed by atoms with E-state index in [9.17, 15) is 8.42 Å². The normalized spacial score (nSPS) is 11.4. The molecule has 0 fully saturated rings. The predicted octanol–water partition coefficient (Wildman–Crippen LogP) is 1.35. The second kappa shape index (κ2) is 5.33. The first-order valence-electron chi connectivity index (χ1n) is 5.48. The number of ether oxygens (including phenoxy) is 1. The molecule has 0 unspecified atom stereocenters. The molecule has 0 atom stereocenters. The molecule has 6 nitrogen and oxygen atoms in total. The van der Waals surface area contributed by atoms with E-state index in [1.165, 1.54) is 31.6 Å². The van der Waals surface area contributed by atoms with Crippen LogP contribution in [-0.4, -0.2) is 15.5 Å². The maximum Gasteiger partial charge on any atom is 0.244 e. The topological polar surface area (TPSA) is 94.6 Å². The fraction of sp³-hybridized carbons (Fsp3) is 0.167. The third-order valence-electron chi connectivity index (χ3n) is 2.49. The van der Waals surface area contributed by atoms with Crippen molar-refractivity contribution >= 4 is 15.7 Å². The number of sulfonamides is 1. The zero-order chi connectivity index (χ0) is 13.9. The lowest BCUT2D eigenvalue weighted by Gasteiger charge is -2.10. The fourth-order valence-corrected chi connectivity index (χ4v) is 2.71. The second-order valence-electron chi connectivity index (χ2n) is 3.81. The summed E-state index contributed by atoms with van der Waals surface area (Å²) in [4.78, 5) is 0.0377. The molecule has 1 heterocycles. The quantitative estimate of drug-likeness (QED) is 0.807. The molecular weight excluding hydrogens is 268 g/mol. The smallest absolute Gasteiger partial charge is 0.244 e. The van der Waals surface area contributed by atoms with Crippen LogP contribution in [0, 0.1) is 0 Å². The summed E-state index contributed by atoms with van der Waals surface area (Å²) in [6.45, 7) is 0.0723. The number of nitrogens with one attached hydrogen (secondary N) is 1. The minimum atomic E-state index is -3.69. The van der Waals surface area contributed by atoms with Gasteiger partial charge in [-0.2, -0.15) is 0 Å². The van der Waals surface area contributed by atoms with E-state index >= 15 is 0 Å². The Morgan fingerprint density at radius 2 is 2.16 bits per heavy atom. The lowest BCUT2D eigenvalue weighted by atomic mass is 10.3. The number of hydrogen-bond donors (Lipinski definition) is 2. The van der Waals surface area contributed by atoms with Gasteiger partial charge in [-0.3, -0.25) is 0 Å². The van der Waals surface area contributed by atoms with Gasteiger partial charge >= 0.3 is 0 Å². The minimum absolute atomic E-state index is 0.0377. The molecule has 0 aliphatic rings. The van der Waals surface area contributed by atoms with Crippen LogP contribution < -0.4 is 15.2 Å². The molecule has 0 saturated carbocycles. The molecule has 0 aliphatic heterocycles. The van der Waals surface area contributed by atoms with E-state index in [0.717, 1.165) is 0 Å². The second-order valence-corrected chi connectivity index (χ2v) is 5.55. The van der Waals surface area contributed by atoms with Crippen LogP contribution in [0.2, 0.25) is 0 Å². The molecule has 0 bridgehead atoms. The van der Waals surface area contributed by atoms with E-state index in [-0.39, 0.29) is 17.2 Å². The molecule has 2 rings (SSSR count). The Morgan fingerprint density at radius 3 is 2.79 bits per heavy atom. The zero-order valence-electron chi connectivity index (χ0n) is 10.3. The average Bonchev–Trinajstić information content (AvgIpc) is 2.89. The highest BCUT2D eigenvalue weighted by Crippen LogP contribution is 2.25. The first kappa shape index (κ1) is 13.4. The molecule has 0 amide bonds. The monoisotopic (exact) mass is 282 g/mol. The summed E-state index contributed by atoms with van der Waals surface area (Å²) in [5.41, 5.74) is 6.02. The van der Waals surface area contributed by atoms with E-state index in [2.05, 4.69) is 4.72 Å². The summed E-state index contributed by atoms with van der Waals surface area (Å²) in [5, 5.41) is 0. The Kier molecular flexibility index (Phi) is 3.77. The van der Waals surface area contributed by atoms with Crippen LogP contribution in [0.5, 0.6) is 5.75 Å². The number of methoxy groups -OCH3 is 1. The number of nitrogens with two attached hydrogens (primary N) is 1. The van der Waals surface area contributed by atoms with Crippen LogP contribution in [0.25, 0.3) is 0 Å². The lowest BCUT2D eigenvalue weighted by molar-refractivity contribution is 0.402. The molecule has 102 valence electrons. The number of hydrogen-bond acceptors (Lipinski definition) is 5. The molecule has 1 aromatic carbocycles. The Hall–Kier alpha value is -1.99. The molecule has 1 aromatic heterocycles. The van der Waals surface area contributed by atoms with E-state index in [0.29, 0.717) is 11.4 Å². The maximum atomic E-state index is 12.1. The van der Waals surface area contributed by atoms with Crippen LogP contribution in [-0.2, 0) is 16.6 Å². The first-order chi connectivity index (χ1) is 9.03. The van der Waals surface area contributed by atoms with E-state index in [1.807, 2.05) is 0 Å². The van der Waals surface area contributed by atoms with E-state index in [1.54, 1.807) is 12.1 Å². The van der Waals surface area contributed by atoms with Gasteiger partial charge in [0.1, 0.15) is 16.4 Å². The maximum absolute atomic E-state index is 12.1. The molecule has 19 heavy (non-hydrogen) atoms. The van der Waals surface area contributed by atoms with Crippen molar-refractivity contribution in [2.45, 2.75) is 11.4 Å². The fourth-order valence-electron chi connectivity index (χ4n) is 1.56. The molecule has 0 radical (unpaired) electrons.